The first-order chi connectivity index (χ1) is 9.19. The first-order valence-corrected chi connectivity index (χ1v) is 5.57. The Hall–Kier alpha value is -2.74. The molecule has 0 aliphatic rings. The Morgan fingerprint density at radius 2 is 2.21 bits per heavy atom. The van der Waals surface area contributed by atoms with Gasteiger partial charge in [0.1, 0.15) is 5.82 Å². The van der Waals surface area contributed by atoms with Crippen molar-refractivity contribution in [2.75, 3.05) is 0 Å². The fourth-order valence-corrected chi connectivity index (χ4v) is 1.57. The van der Waals surface area contributed by atoms with Crippen LogP contribution < -0.4 is 5.32 Å². The second-order valence-electron chi connectivity index (χ2n) is 3.89. The zero-order valence-corrected chi connectivity index (χ0v) is 9.93. The van der Waals surface area contributed by atoms with E-state index in [0.29, 0.717) is 5.56 Å². The average molecular weight is 255 g/mol. The van der Waals surface area contributed by atoms with E-state index in [4.69, 9.17) is 5.26 Å². The van der Waals surface area contributed by atoms with E-state index in [1.54, 1.807) is 24.3 Å². The van der Waals surface area contributed by atoms with Crippen molar-refractivity contribution in [2.24, 2.45) is 0 Å². The zero-order valence-electron chi connectivity index (χ0n) is 9.93. The Bertz CT molecular complexity index is 649. The molecule has 94 valence electrons. The monoisotopic (exact) mass is 255 g/mol. The normalized spacial score (nSPS) is 9.68. The lowest BCUT2D eigenvalue weighted by Gasteiger charge is -2.05. The molecule has 2 rings (SSSR count). The molecule has 1 heterocycles. The average Bonchev–Trinajstić information content (AvgIpc) is 2.45. The minimum atomic E-state index is -0.556. The van der Waals surface area contributed by atoms with Gasteiger partial charge in [0, 0.05) is 12.7 Å². The second kappa shape index (κ2) is 5.74. The summed E-state index contributed by atoms with van der Waals surface area (Å²) in [6, 6.07) is 10.0. The van der Waals surface area contributed by atoms with E-state index in [-0.39, 0.29) is 12.1 Å². The summed E-state index contributed by atoms with van der Waals surface area (Å²) in [6.45, 7) is 0.269. The van der Waals surface area contributed by atoms with Crippen molar-refractivity contribution >= 4 is 5.91 Å². The molecule has 1 amide bonds. The van der Waals surface area contributed by atoms with Crippen LogP contribution in [0.25, 0.3) is 0 Å². The standard InChI is InChI=1S/C14H10FN3O/c15-13-5-12(8-17-9-13)14(19)18-7-11-3-1-2-10(4-11)6-16/h1-5,8-9H,7H2,(H,18,19). The van der Waals surface area contributed by atoms with Crippen LogP contribution in [0.15, 0.2) is 42.7 Å². The molecule has 0 saturated heterocycles. The number of benzene rings is 1. The van der Waals surface area contributed by atoms with Crippen LogP contribution in [-0.2, 0) is 6.54 Å². The van der Waals surface area contributed by atoms with E-state index in [1.807, 2.05) is 6.07 Å². The summed E-state index contributed by atoms with van der Waals surface area (Å²) in [5.74, 6) is -0.964. The lowest BCUT2D eigenvalue weighted by atomic mass is 10.1. The van der Waals surface area contributed by atoms with E-state index in [2.05, 4.69) is 10.3 Å². The summed E-state index contributed by atoms with van der Waals surface area (Å²) in [4.78, 5) is 15.4. The third-order valence-electron chi connectivity index (χ3n) is 2.48. The van der Waals surface area contributed by atoms with E-state index in [9.17, 15) is 9.18 Å². The summed E-state index contributed by atoms with van der Waals surface area (Å²) in [7, 11) is 0. The predicted molar refractivity (Wildman–Crippen MR) is 66.5 cm³/mol. The van der Waals surface area contributed by atoms with Crippen LogP contribution in [-0.4, -0.2) is 10.9 Å². The number of hydrogen-bond donors (Lipinski definition) is 1. The van der Waals surface area contributed by atoms with Crippen molar-refractivity contribution in [1.29, 1.82) is 5.26 Å². The highest BCUT2D eigenvalue weighted by Crippen LogP contribution is 2.05. The molecule has 1 aromatic carbocycles. The smallest absolute Gasteiger partial charge is 0.253 e. The van der Waals surface area contributed by atoms with E-state index < -0.39 is 11.7 Å². The first kappa shape index (κ1) is 12.7. The molecule has 4 nitrogen and oxygen atoms in total. The number of nitrogens with zero attached hydrogens (tertiary/aromatic N) is 2. The van der Waals surface area contributed by atoms with Gasteiger partial charge in [-0.2, -0.15) is 5.26 Å². The van der Waals surface area contributed by atoms with E-state index in [1.165, 1.54) is 6.20 Å². The van der Waals surface area contributed by atoms with E-state index in [0.717, 1.165) is 17.8 Å². The quantitative estimate of drug-likeness (QED) is 0.912. The number of carbonyl (C=O) groups is 1. The molecule has 1 N–H and O–H groups in total. The lowest BCUT2D eigenvalue weighted by Crippen LogP contribution is -2.23. The highest BCUT2D eigenvalue weighted by Gasteiger charge is 2.06. The summed E-state index contributed by atoms with van der Waals surface area (Å²) in [5, 5.41) is 11.4. The van der Waals surface area contributed by atoms with Gasteiger partial charge in [-0.25, -0.2) is 4.39 Å². The number of halogens is 1. The number of hydrogen-bond acceptors (Lipinski definition) is 3. The maximum Gasteiger partial charge on any atom is 0.253 e. The first-order valence-electron chi connectivity index (χ1n) is 5.57. The number of carbonyl (C=O) groups excluding carboxylic acids is 1. The minimum Gasteiger partial charge on any atom is -0.348 e. The summed E-state index contributed by atoms with van der Waals surface area (Å²) in [5.41, 5.74) is 1.49. The number of rotatable bonds is 3. The number of nitrogens with one attached hydrogen (secondary N) is 1. The highest BCUT2D eigenvalue weighted by molar-refractivity contribution is 5.93. The van der Waals surface area contributed by atoms with E-state index >= 15 is 0 Å². The van der Waals surface area contributed by atoms with Crippen LogP contribution in [0.3, 0.4) is 0 Å². The highest BCUT2D eigenvalue weighted by atomic mass is 19.1. The third-order valence-corrected chi connectivity index (χ3v) is 2.48. The van der Waals surface area contributed by atoms with Gasteiger partial charge in [-0.1, -0.05) is 12.1 Å². The number of pyridine rings is 1. The molecule has 0 saturated carbocycles. The van der Waals surface area contributed by atoms with Crippen molar-refractivity contribution in [1.82, 2.24) is 10.3 Å². The SMILES string of the molecule is N#Cc1cccc(CNC(=O)c2cncc(F)c2)c1. The third kappa shape index (κ3) is 3.36. The Morgan fingerprint density at radius 3 is 2.95 bits per heavy atom. The molecule has 0 aliphatic heterocycles. The van der Waals surface area contributed by atoms with Crippen molar-refractivity contribution in [3.8, 4) is 6.07 Å². The van der Waals surface area contributed by atoms with Crippen LogP contribution in [0, 0.1) is 17.1 Å². The maximum atomic E-state index is 12.9. The Kier molecular flexibility index (Phi) is 3.84. The zero-order chi connectivity index (χ0) is 13.7. The van der Waals surface area contributed by atoms with Gasteiger partial charge in [0.05, 0.1) is 23.4 Å². The molecule has 0 aliphatic carbocycles. The lowest BCUT2D eigenvalue weighted by molar-refractivity contribution is 0.0950. The Morgan fingerprint density at radius 1 is 1.37 bits per heavy atom. The van der Waals surface area contributed by atoms with Crippen molar-refractivity contribution in [2.45, 2.75) is 6.54 Å². The minimum absolute atomic E-state index is 0.163. The Balaban J connectivity index is 2.02. The van der Waals surface area contributed by atoms with Gasteiger partial charge in [-0.3, -0.25) is 9.78 Å². The van der Waals surface area contributed by atoms with Gasteiger partial charge >= 0.3 is 0 Å². The molecule has 19 heavy (non-hydrogen) atoms. The van der Waals surface area contributed by atoms with Crippen LogP contribution >= 0.6 is 0 Å². The summed E-state index contributed by atoms with van der Waals surface area (Å²) < 4.78 is 12.9. The molecule has 0 fully saturated rings. The molecule has 0 bridgehead atoms. The van der Waals surface area contributed by atoms with Gasteiger partial charge in [0.2, 0.25) is 0 Å². The van der Waals surface area contributed by atoms with Crippen LogP contribution in [0.2, 0.25) is 0 Å². The second-order valence-corrected chi connectivity index (χ2v) is 3.89. The van der Waals surface area contributed by atoms with Crippen LogP contribution in [0.1, 0.15) is 21.5 Å². The topological polar surface area (TPSA) is 65.8 Å². The summed E-state index contributed by atoms with van der Waals surface area (Å²) in [6.07, 6.45) is 2.33. The molecular weight excluding hydrogens is 245 g/mol. The van der Waals surface area contributed by atoms with Crippen LogP contribution in [0.4, 0.5) is 4.39 Å². The molecule has 2 aromatic rings. The van der Waals surface area contributed by atoms with Crippen molar-refractivity contribution in [3.05, 3.63) is 65.2 Å². The molecular formula is C14H10FN3O. The van der Waals surface area contributed by atoms with Gasteiger partial charge in [0.25, 0.3) is 5.91 Å². The molecule has 1 aromatic heterocycles. The Labute approximate surface area is 109 Å². The molecule has 0 spiro atoms. The van der Waals surface area contributed by atoms with Gasteiger partial charge in [-0.15, -0.1) is 0 Å². The fourth-order valence-electron chi connectivity index (χ4n) is 1.57. The number of amides is 1. The van der Waals surface area contributed by atoms with Gasteiger partial charge < -0.3 is 5.32 Å². The van der Waals surface area contributed by atoms with Gasteiger partial charge in [-0.05, 0) is 23.8 Å². The largest absolute Gasteiger partial charge is 0.348 e. The van der Waals surface area contributed by atoms with Crippen LogP contribution in [0.5, 0.6) is 0 Å². The summed E-state index contributed by atoms with van der Waals surface area (Å²) >= 11 is 0. The molecule has 0 unspecified atom stereocenters. The molecule has 0 atom stereocenters. The molecule has 0 radical (unpaired) electrons. The maximum absolute atomic E-state index is 12.9. The van der Waals surface area contributed by atoms with Crippen molar-refractivity contribution < 1.29 is 9.18 Å². The fraction of sp³-hybridized carbons (Fsp3) is 0.0714. The number of aromatic nitrogens is 1. The molecule has 5 heteroatoms. The number of nitriles is 1. The predicted octanol–water partition coefficient (Wildman–Crippen LogP) is 2.02. The van der Waals surface area contributed by atoms with Crippen molar-refractivity contribution in [3.63, 3.8) is 0 Å². The van der Waals surface area contributed by atoms with Gasteiger partial charge in [0.15, 0.2) is 0 Å².